The summed E-state index contributed by atoms with van der Waals surface area (Å²) in [6, 6.07) is 0. The van der Waals surface area contributed by atoms with E-state index in [0.29, 0.717) is 6.42 Å². The lowest BCUT2D eigenvalue weighted by Crippen LogP contribution is -2.29. The van der Waals surface area contributed by atoms with E-state index in [4.69, 9.17) is 14.2 Å². The van der Waals surface area contributed by atoms with Crippen molar-refractivity contribution < 1.29 is 19.0 Å². The Morgan fingerprint density at radius 1 is 1.36 bits per heavy atom. The number of epoxide rings is 1. The topological polar surface area (TPSA) is 48.1 Å². The van der Waals surface area contributed by atoms with Gasteiger partial charge in [-0.3, -0.25) is 4.79 Å². The van der Waals surface area contributed by atoms with Gasteiger partial charge in [0.15, 0.2) is 12.1 Å². The Morgan fingerprint density at radius 3 is 2.86 bits per heavy atom. The Hall–Kier alpha value is -0.450. The molecule has 4 heteroatoms. The van der Waals surface area contributed by atoms with Gasteiger partial charge in [-0.1, -0.05) is 0 Å². The van der Waals surface area contributed by atoms with E-state index in [9.17, 15) is 4.79 Å². The number of rotatable bonds is 2. The summed E-state index contributed by atoms with van der Waals surface area (Å²) >= 11 is 0. The van der Waals surface area contributed by atoms with Crippen LogP contribution >= 0.6 is 0 Å². The highest BCUT2D eigenvalue weighted by Gasteiger charge is 2.57. The number of ether oxygens (including phenoxy) is 3. The summed E-state index contributed by atoms with van der Waals surface area (Å²) in [5, 5.41) is 0. The van der Waals surface area contributed by atoms with Crippen LogP contribution in [-0.2, 0) is 19.0 Å². The molecule has 4 unspecified atom stereocenters. The summed E-state index contributed by atoms with van der Waals surface area (Å²) in [4.78, 5) is 11.2. The molecule has 2 heterocycles. The van der Waals surface area contributed by atoms with E-state index in [1.807, 2.05) is 0 Å². The van der Waals surface area contributed by atoms with Gasteiger partial charge in [-0.2, -0.15) is 0 Å². The van der Waals surface area contributed by atoms with Crippen molar-refractivity contribution in [2.45, 2.75) is 50.3 Å². The lowest BCUT2D eigenvalue weighted by Gasteiger charge is -2.25. The SMILES string of the molecule is O=C1CC(OC2CCCCO2)C2OC12. The summed E-state index contributed by atoms with van der Waals surface area (Å²) in [6.07, 6.45) is 3.46. The molecule has 0 spiro atoms. The number of hydrogen-bond acceptors (Lipinski definition) is 4. The van der Waals surface area contributed by atoms with Gasteiger partial charge in [0.2, 0.25) is 0 Å². The first-order chi connectivity index (χ1) is 6.84. The Labute approximate surface area is 82.5 Å². The third-order valence-corrected chi connectivity index (χ3v) is 3.08. The first kappa shape index (κ1) is 8.83. The van der Waals surface area contributed by atoms with Crippen LogP contribution in [0.5, 0.6) is 0 Å². The summed E-state index contributed by atoms with van der Waals surface area (Å²) in [6.45, 7) is 0.778. The average Bonchev–Trinajstić information content (AvgIpc) is 2.92. The van der Waals surface area contributed by atoms with E-state index in [-0.39, 0.29) is 30.4 Å². The Morgan fingerprint density at radius 2 is 2.29 bits per heavy atom. The lowest BCUT2D eigenvalue weighted by atomic mass is 10.2. The largest absolute Gasteiger partial charge is 0.358 e. The average molecular weight is 198 g/mol. The predicted octanol–water partition coefficient (Wildman–Crippen LogP) is 0.638. The number of hydrogen-bond donors (Lipinski definition) is 0. The second-order valence-corrected chi connectivity index (χ2v) is 4.16. The van der Waals surface area contributed by atoms with Gasteiger partial charge < -0.3 is 14.2 Å². The summed E-state index contributed by atoms with van der Waals surface area (Å²) in [7, 11) is 0. The molecule has 0 aromatic heterocycles. The third-order valence-electron chi connectivity index (χ3n) is 3.08. The van der Waals surface area contributed by atoms with Gasteiger partial charge in [-0.25, -0.2) is 0 Å². The van der Waals surface area contributed by atoms with Crippen molar-refractivity contribution in [1.82, 2.24) is 0 Å². The van der Waals surface area contributed by atoms with Gasteiger partial charge in [-0.05, 0) is 19.3 Å². The molecule has 4 atom stereocenters. The number of carbonyl (C=O) groups is 1. The normalized spacial score (nSPS) is 46.4. The van der Waals surface area contributed by atoms with Crippen molar-refractivity contribution in [2.75, 3.05) is 6.61 Å². The standard InChI is InChI=1S/C10H14O4/c11-6-5-7(10-9(6)14-10)13-8-3-1-2-4-12-8/h7-10H,1-5H2. The molecule has 3 rings (SSSR count). The zero-order valence-electron chi connectivity index (χ0n) is 7.98. The van der Waals surface area contributed by atoms with Crippen molar-refractivity contribution in [1.29, 1.82) is 0 Å². The number of carbonyl (C=O) groups excluding carboxylic acids is 1. The first-order valence-corrected chi connectivity index (χ1v) is 5.30. The van der Waals surface area contributed by atoms with Crippen LogP contribution < -0.4 is 0 Å². The zero-order valence-corrected chi connectivity index (χ0v) is 7.98. The minimum Gasteiger partial charge on any atom is -0.358 e. The van der Waals surface area contributed by atoms with Crippen molar-refractivity contribution >= 4 is 5.78 Å². The zero-order chi connectivity index (χ0) is 9.54. The highest BCUT2D eigenvalue weighted by Crippen LogP contribution is 2.38. The Bertz CT molecular complexity index is 247. The maximum absolute atomic E-state index is 11.2. The molecule has 0 N–H and O–H groups in total. The molecule has 0 aromatic carbocycles. The van der Waals surface area contributed by atoms with Crippen LogP contribution in [0.4, 0.5) is 0 Å². The molecule has 0 radical (unpaired) electrons. The lowest BCUT2D eigenvalue weighted by molar-refractivity contribution is -0.191. The molecule has 78 valence electrons. The van der Waals surface area contributed by atoms with E-state index >= 15 is 0 Å². The molecule has 14 heavy (non-hydrogen) atoms. The highest BCUT2D eigenvalue weighted by atomic mass is 16.7. The van der Waals surface area contributed by atoms with Crippen LogP contribution in [0, 0.1) is 0 Å². The van der Waals surface area contributed by atoms with Crippen molar-refractivity contribution in [3.05, 3.63) is 0 Å². The molecule has 0 amide bonds. The number of ketones is 1. The molecule has 4 nitrogen and oxygen atoms in total. The molecule has 2 aliphatic heterocycles. The van der Waals surface area contributed by atoms with Crippen LogP contribution in [0.2, 0.25) is 0 Å². The molecular formula is C10H14O4. The van der Waals surface area contributed by atoms with E-state index < -0.39 is 0 Å². The van der Waals surface area contributed by atoms with Crippen LogP contribution in [0.15, 0.2) is 0 Å². The summed E-state index contributed by atoms with van der Waals surface area (Å²) in [5.41, 5.74) is 0. The predicted molar refractivity (Wildman–Crippen MR) is 46.7 cm³/mol. The van der Waals surface area contributed by atoms with Crippen molar-refractivity contribution in [2.24, 2.45) is 0 Å². The maximum atomic E-state index is 11.2. The molecule has 2 saturated heterocycles. The minimum atomic E-state index is -0.149. The van der Waals surface area contributed by atoms with Gasteiger partial charge in [0.1, 0.15) is 12.2 Å². The van der Waals surface area contributed by atoms with Crippen LogP contribution in [0.25, 0.3) is 0 Å². The van der Waals surface area contributed by atoms with Gasteiger partial charge in [0.05, 0.1) is 6.10 Å². The minimum absolute atomic E-state index is 0.0352. The fraction of sp³-hybridized carbons (Fsp3) is 0.900. The number of Topliss-reactive ketones (excluding diaryl/α,β-unsaturated/α-hetero) is 1. The monoisotopic (exact) mass is 198 g/mol. The van der Waals surface area contributed by atoms with Gasteiger partial charge in [0, 0.05) is 13.0 Å². The van der Waals surface area contributed by atoms with Crippen LogP contribution in [0.1, 0.15) is 25.7 Å². The highest BCUT2D eigenvalue weighted by molar-refractivity contribution is 5.89. The van der Waals surface area contributed by atoms with Crippen LogP contribution in [0.3, 0.4) is 0 Å². The molecule has 1 aliphatic carbocycles. The quantitative estimate of drug-likeness (QED) is 0.611. The maximum Gasteiger partial charge on any atom is 0.167 e. The number of fused-ring (bicyclic) bond motifs is 1. The molecular weight excluding hydrogens is 184 g/mol. The molecule has 0 aromatic rings. The second kappa shape index (κ2) is 3.29. The van der Waals surface area contributed by atoms with Crippen molar-refractivity contribution in [3.8, 4) is 0 Å². The van der Waals surface area contributed by atoms with Gasteiger partial charge in [0.25, 0.3) is 0 Å². The molecule has 3 fully saturated rings. The van der Waals surface area contributed by atoms with E-state index in [2.05, 4.69) is 0 Å². The van der Waals surface area contributed by atoms with E-state index in [1.54, 1.807) is 0 Å². The molecule has 1 saturated carbocycles. The molecule has 0 bridgehead atoms. The summed E-state index contributed by atoms with van der Waals surface area (Å²) < 4.78 is 16.4. The van der Waals surface area contributed by atoms with E-state index in [0.717, 1.165) is 25.9 Å². The van der Waals surface area contributed by atoms with Crippen molar-refractivity contribution in [3.63, 3.8) is 0 Å². The smallest absolute Gasteiger partial charge is 0.167 e. The fourth-order valence-corrected chi connectivity index (χ4v) is 2.24. The van der Waals surface area contributed by atoms with Gasteiger partial charge in [-0.15, -0.1) is 0 Å². The second-order valence-electron chi connectivity index (χ2n) is 4.16. The van der Waals surface area contributed by atoms with Crippen LogP contribution in [-0.4, -0.2) is 37.0 Å². The fourth-order valence-electron chi connectivity index (χ4n) is 2.24. The summed E-state index contributed by atoms with van der Waals surface area (Å²) in [5.74, 6) is 0.191. The van der Waals surface area contributed by atoms with Gasteiger partial charge >= 0.3 is 0 Å². The van der Waals surface area contributed by atoms with E-state index in [1.165, 1.54) is 0 Å². The Kier molecular flexibility index (Phi) is 2.08. The third kappa shape index (κ3) is 1.47. The Balaban J connectivity index is 1.54. The first-order valence-electron chi connectivity index (χ1n) is 5.30. The molecule has 3 aliphatic rings.